The van der Waals surface area contributed by atoms with Gasteiger partial charge >= 0.3 is 0 Å². The zero-order chi connectivity index (χ0) is 15.8. The van der Waals surface area contributed by atoms with E-state index in [0.29, 0.717) is 17.8 Å². The zero-order valence-electron chi connectivity index (χ0n) is 14.1. The van der Waals surface area contributed by atoms with Crippen LogP contribution < -0.4 is 10.6 Å². The quantitative estimate of drug-likeness (QED) is 0.754. The van der Waals surface area contributed by atoms with E-state index < -0.39 is 0 Å². The molecule has 21 heavy (non-hydrogen) atoms. The van der Waals surface area contributed by atoms with Crippen LogP contribution in [0.1, 0.15) is 51.4 Å². The highest BCUT2D eigenvalue weighted by atomic mass is 16.1. The predicted octanol–water partition coefficient (Wildman–Crippen LogP) is 4.17. The Morgan fingerprint density at radius 3 is 2.29 bits per heavy atom. The Hall–Kier alpha value is -1.51. The molecule has 0 spiro atoms. The fourth-order valence-electron chi connectivity index (χ4n) is 2.64. The molecule has 0 radical (unpaired) electrons. The summed E-state index contributed by atoms with van der Waals surface area (Å²) in [4.78, 5) is 12.4. The summed E-state index contributed by atoms with van der Waals surface area (Å²) in [5.74, 6) is 1.66. The molecule has 118 valence electrons. The number of anilines is 1. The van der Waals surface area contributed by atoms with Crippen LogP contribution in [0.2, 0.25) is 0 Å². The summed E-state index contributed by atoms with van der Waals surface area (Å²) < 4.78 is 0. The SMILES string of the molecule is CCCNc1ccccc1C(=O)NCC(C(C)C)C(C)C. The second kappa shape index (κ2) is 8.71. The van der Waals surface area contributed by atoms with Crippen molar-refractivity contribution in [3.8, 4) is 0 Å². The number of nitrogens with one attached hydrogen (secondary N) is 2. The highest BCUT2D eigenvalue weighted by Gasteiger charge is 2.19. The Morgan fingerprint density at radius 2 is 1.71 bits per heavy atom. The molecule has 0 bridgehead atoms. The second-order valence-corrected chi connectivity index (χ2v) is 6.33. The fraction of sp³-hybridized carbons (Fsp3) is 0.611. The van der Waals surface area contributed by atoms with Gasteiger partial charge in [-0.3, -0.25) is 4.79 Å². The molecule has 1 aromatic rings. The Morgan fingerprint density at radius 1 is 1.10 bits per heavy atom. The van der Waals surface area contributed by atoms with Gasteiger partial charge in [0.1, 0.15) is 0 Å². The first kappa shape index (κ1) is 17.5. The van der Waals surface area contributed by atoms with Gasteiger partial charge in [0.15, 0.2) is 0 Å². The van der Waals surface area contributed by atoms with Gasteiger partial charge in [0, 0.05) is 18.8 Å². The Labute approximate surface area is 129 Å². The van der Waals surface area contributed by atoms with Crippen molar-refractivity contribution in [3.63, 3.8) is 0 Å². The van der Waals surface area contributed by atoms with Crippen LogP contribution in [0.4, 0.5) is 5.69 Å². The van der Waals surface area contributed by atoms with Crippen LogP contribution in [-0.4, -0.2) is 19.0 Å². The molecule has 0 fully saturated rings. The van der Waals surface area contributed by atoms with Gasteiger partial charge < -0.3 is 10.6 Å². The maximum absolute atomic E-state index is 12.4. The lowest BCUT2D eigenvalue weighted by atomic mass is 9.85. The third kappa shape index (κ3) is 5.41. The van der Waals surface area contributed by atoms with E-state index in [1.807, 2.05) is 24.3 Å². The summed E-state index contributed by atoms with van der Waals surface area (Å²) in [7, 11) is 0. The number of benzene rings is 1. The molecule has 3 nitrogen and oxygen atoms in total. The summed E-state index contributed by atoms with van der Waals surface area (Å²) in [6.45, 7) is 12.6. The molecule has 0 saturated carbocycles. The zero-order valence-corrected chi connectivity index (χ0v) is 14.1. The first-order valence-corrected chi connectivity index (χ1v) is 8.08. The third-order valence-corrected chi connectivity index (χ3v) is 3.95. The molecule has 0 aromatic heterocycles. The van der Waals surface area contributed by atoms with E-state index >= 15 is 0 Å². The van der Waals surface area contributed by atoms with Gasteiger partial charge in [-0.2, -0.15) is 0 Å². The van der Waals surface area contributed by atoms with Crippen molar-refractivity contribution in [3.05, 3.63) is 29.8 Å². The Bertz CT molecular complexity index is 433. The van der Waals surface area contributed by atoms with Crippen LogP contribution in [0.5, 0.6) is 0 Å². The lowest BCUT2D eigenvalue weighted by molar-refractivity contribution is 0.0938. The number of carbonyl (C=O) groups is 1. The van der Waals surface area contributed by atoms with Crippen LogP contribution in [0.15, 0.2) is 24.3 Å². The van der Waals surface area contributed by atoms with Crippen molar-refractivity contribution < 1.29 is 4.79 Å². The van der Waals surface area contributed by atoms with E-state index in [1.54, 1.807) is 0 Å². The molecule has 0 aliphatic rings. The molecule has 0 heterocycles. The number of rotatable bonds is 8. The molecule has 3 heteroatoms. The molecule has 0 aliphatic heterocycles. The van der Waals surface area contributed by atoms with Gasteiger partial charge in [-0.1, -0.05) is 46.8 Å². The van der Waals surface area contributed by atoms with Gasteiger partial charge in [0.2, 0.25) is 0 Å². The van der Waals surface area contributed by atoms with Crippen LogP contribution in [0.3, 0.4) is 0 Å². The van der Waals surface area contributed by atoms with Crippen molar-refractivity contribution in [2.45, 2.75) is 41.0 Å². The van der Waals surface area contributed by atoms with E-state index in [0.717, 1.165) is 30.8 Å². The van der Waals surface area contributed by atoms with Crippen molar-refractivity contribution in [1.82, 2.24) is 5.32 Å². The average Bonchev–Trinajstić information content (AvgIpc) is 2.44. The molecule has 0 atom stereocenters. The number of para-hydroxylation sites is 1. The van der Waals surface area contributed by atoms with Crippen LogP contribution in [0, 0.1) is 17.8 Å². The average molecular weight is 290 g/mol. The van der Waals surface area contributed by atoms with Crippen LogP contribution in [-0.2, 0) is 0 Å². The number of hydrogen-bond acceptors (Lipinski definition) is 2. The van der Waals surface area contributed by atoms with Crippen LogP contribution in [0.25, 0.3) is 0 Å². The highest BCUT2D eigenvalue weighted by molar-refractivity contribution is 5.99. The number of carbonyl (C=O) groups excluding carboxylic acids is 1. The van der Waals surface area contributed by atoms with Gasteiger partial charge in [0.25, 0.3) is 5.91 Å². The maximum Gasteiger partial charge on any atom is 0.253 e. The molecule has 0 saturated heterocycles. The normalized spacial score (nSPS) is 11.2. The van der Waals surface area contributed by atoms with E-state index in [2.05, 4.69) is 45.3 Å². The first-order chi connectivity index (χ1) is 9.97. The number of amides is 1. The molecule has 1 amide bonds. The lowest BCUT2D eigenvalue weighted by Gasteiger charge is -2.25. The summed E-state index contributed by atoms with van der Waals surface area (Å²) >= 11 is 0. The fourth-order valence-corrected chi connectivity index (χ4v) is 2.64. The Kier molecular flexibility index (Phi) is 7.27. The Balaban J connectivity index is 2.71. The largest absolute Gasteiger partial charge is 0.384 e. The molecule has 1 aromatic carbocycles. The molecule has 0 unspecified atom stereocenters. The standard InChI is InChI=1S/C18H30N2O/c1-6-11-19-17-10-8-7-9-15(17)18(21)20-12-16(13(2)3)14(4)5/h7-10,13-14,16,19H,6,11-12H2,1-5H3,(H,20,21). The van der Waals surface area contributed by atoms with Crippen molar-refractivity contribution >= 4 is 11.6 Å². The topological polar surface area (TPSA) is 41.1 Å². The highest BCUT2D eigenvalue weighted by Crippen LogP contribution is 2.20. The minimum Gasteiger partial charge on any atom is -0.384 e. The van der Waals surface area contributed by atoms with Crippen molar-refractivity contribution in [1.29, 1.82) is 0 Å². The molecular formula is C18H30N2O. The maximum atomic E-state index is 12.4. The molecule has 0 aliphatic carbocycles. The smallest absolute Gasteiger partial charge is 0.253 e. The van der Waals surface area contributed by atoms with Crippen LogP contribution >= 0.6 is 0 Å². The third-order valence-electron chi connectivity index (χ3n) is 3.95. The van der Waals surface area contributed by atoms with Gasteiger partial charge in [-0.15, -0.1) is 0 Å². The van der Waals surface area contributed by atoms with E-state index in [9.17, 15) is 4.79 Å². The predicted molar refractivity (Wildman–Crippen MR) is 90.7 cm³/mol. The van der Waals surface area contributed by atoms with E-state index in [4.69, 9.17) is 0 Å². The lowest BCUT2D eigenvalue weighted by Crippen LogP contribution is -2.34. The summed E-state index contributed by atoms with van der Waals surface area (Å²) in [6.07, 6.45) is 1.04. The first-order valence-electron chi connectivity index (χ1n) is 8.08. The van der Waals surface area contributed by atoms with Crippen molar-refractivity contribution in [2.75, 3.05) is 18.4 Å². The second-order valence-electron chi connectivity index (χ2n) is 6.33. The van der Waals surface area contributed by atoms with Gasteiger partial charge in [-0.05, 0) is 36.3 Å². The molecule has 1 rings (SSSR count). The minimum absolute atomic E-state index is 0.0144. The van der Waals surface area contributed by atoms with E-state index in [-0.39, 0.29) is 5.91 Å². The van der Waals surface area contributed by atoms with Gasteiger partial charge in [-0.25, -0.2) is 0 Å². The number of hydrogen-bond donors (Lipinski definition) is 2. The summed E-state index contributed by atoms with van der Waals surface area (Å²) in [5, 5.41) is 6.42. The molecule has 2 N–H and O–H groups in total. The van der Waals surface area contributed by atoms with Gasteiger partial charge in [0.05, 0.1) is 5.56 Å². The summed E-state index contributed by atoms with van der Waals surface area (Å²) in [6, 6.07) is 7.72. The van der Waals surface area contributed by atoms with E-state index in [1.165, 1.54) is 0 Å². The monoisotopic (exact) mass is 290 g/mol. The van der Waals surface area contributed by atoms with Crippen molar-refractivity contribution in [2.24, 2.45) is 17.8 Å². The minimum atomic E-state index is 0.0144. The molecular weight excluding hydrogens is 260 g/mol. The summed E-state index contributed by atoms with van der Waals surface area (Å²) in [5.41, 5.74) is 1.65.